The number of nitrogens with one attached hydrogen (secondary N) is 2. The molecule has 0 radical (unpaired) electrons. The third-order valence-electron chi connectivity index (χ3n) is 5.06. The second kappa shape index (κ2) is 9.89. The van der Waals surface area contributed by atoms with Gasteiger partial charge < -0.3 is 19.8 Å². The van der Waals surface area contributed by atoms with Gasteiger partial charge in [-0.15, -0.1) is 0 Å². The highest BCUT2D eigenvalue weighted by atomic mass is 16.5. The Kier molecular flexibility index (Phi) is 7.28. The van der Waals surface area contributed by atoms with Crippen LogP contribution >= 0.6 is 0 Å². The van der Waals surface area contributed by atoms with E-state index in [9.17, 15) is 0 Å². The Hall–Kier alpha value is -2.38. The SMILES string of the molecule is CN=C(NCc1ncc(C(C)(C)C)o1)NCC(c1ccccc1)N1CCOCC1. The quantitative estimate of drug-likeness (QED) is 0.575. The summed E-state index contributed by atoms with van der Waals surface area (Å²) in [7, 11) is 1.78. The average Bonchev–Trinajstić information content (AvgIpc) is 3.22. The molecule has 1 unspecified atom stereocenters. The molecule has 7 heteroatoms. The molecule has 1 aromatic heterocycles. The molecule has 3 rings (SSSR count). The minimum atomic E-state index is -0.0494. The minimum absolute atomic E-state index is 0.0494. The van der Waals surface area contributed by atoms with Crippen molar-refractivity contribution in [1.29, 1.82) is 0 Å². The summed E-state index contributed by atoms with van der Waals surface area (Å²) in [6, 6.07) is 10.8. The van der Waals surface area contributed by atoms with E-state index in [1.54, 1.807) is 13.2 Å². The summed E-state index contributed by atoms with van der Waals surface area (Å²) in [6.07, 6.45) is 1.80. The molecule has 1 atom stereocenters. The summed E-state index contributed by atoms with van der Waals surface area (Å²) in [5.74, 6) is 2.27. The lowest BCUT2D eigenvalue weighted by Gasteiger charge is -2.35. The maximum atomic E-state index is 5.85. The molecule has 2 N–H and O–H groups in total. The van der Waals surface area contributed by atoms with Gasteiger partial charge in [-0.1, -0.05) is 51.1 Å². The molecule has 1 aliphatic rings. The molecule has 158 valence electrons. The van der Waals surface area contributed by atoms with Crippen molar-refractivity contribution in [1.82, 2.24) is 20.5 Å². The lowest BCUT2D eigenvalue weighted by Crippen LogP contribution is -2.46. The number of ether oxygens (including phenoxy) is 1. The minimum Gasteiger partial charge on any atom is -0.443 e. The number of aliphatic imine (C=N–C) groups is 1. The van der Waals surface area contributed by atoms with E-state index in [0.717, 1.165) is 44.6 Å². The Labute approximate surface area is 173 Å². The van der Waals surface area contributed by atoms with E-state index >= 15 is 0 Å². The van der Waals surface area contributed by atoms with Crippen LogP contribution in [0.25, 0.3) is 0 Å². The van der Waals surface area contributed by atoms with Crippen molar-refractivity contribution < 1.29 is 9.15 Å². The topological polar surface area (TPSA) is 74.9 Å². The van der Waals surface area contributed by atoms with Crippen LogP contribution in [0.1, 0.15) is 44.0 Å². The van der Waals surface area contributed by atoms with E-state index in [0.29, 0.717) is 12.4 Å². The van der Waals surface area contributed by atoms with Crippen LogP contribution < -0.4 is 10.6 Å². The lowest BCUT2D eigenvalue weighted by atomic mass is 9.94. The van der Waals surface area contributed by atoms with Crippen LogP contribution in [0.15, 0.2) is 45.9 Å². The van der Waals surface area contributed by atoms with Crippen LogP contribution in [-0.4, -0.2) is 55.7 Å². The summed E-state index contributed by atoms with van der Waals surface area (Å²) < 4.78 is 11.4. The van der Waals surface area contributed by atoms with Crippen LogP contribution in [0.4, 0.5) is 0 Å². The second-order valence-electron chi connectivity index (χ2n) is 8.25. The molecule has 0 amide bonds. The maximum absolute atomic E-state index is 5.85. The van der Waals surface area contributed by atoms with Crippen LogP contribution in [0, 0.1) is 0 Å². The molecule has 1 fully saturated rings. The van der Waals surface area contributed by atoms with Gasteiger partial charge >= 0.3 is 0 Å². The molecule has 0 aliphatic carbocycles. The standard InChI is InChI=1S/C22H33N5O2/c1-22(2,3)19-15-24-20(29-19)16-26-21(23-4)25-14-18(17-8-6-5-7-9-17)27-10-12-28-13-11-27/h5-9,15,18H,10-14,16H2,1-4H3,(H2,23,25,26). The first kappa shape index (κ1) is 21.3. The van der Waals surface area contributed by atoms with Gasteiger partial charge in [0.25, 0.3) is 0 Å². The number of benzene rings is 1. The number of aromatic nitrogens is 1. The van der Waals surface area contributed by atoms with Gasteiger partial charge in [-0.3, -0.25) is 9.89 Å². The fourth-order valence-corrected chi connectivity index (χ4v) is 3.33. The number of hydrogen-bond acceptors (Lipinski definition) is 5. The zero-order chi connectivity index (χ0) is 20.7. The summed E-state index contributed by atoms with van der Waals surface area (Å²) in [6.45, 7) is 11.0. The van der Waals surface area contributed by atoms with Crippen molar-refractivity contribution in [2.45, 2.75) is 38.8 Å². The van der Waals surface area contributed by atoms with Crippen LogP contribution in [0.3, 0.4) is 0 Å². The van der Waals surface area contributed by atoms with Crippen molar-refractivity contribution in [3.63, 3.8) is 0 Å². The number of guanidine groups is 1. The van der Waals surface area contributed by atoms with Gasteiger partial charge in [0.15, 0.2) is 5.96 Å². The van der Waals surface area contributed by atoms with Gasteiger partial charge in [0.1, 0.15) is 5.76 Å². The van der Waals surface area contributed by atoms with Gasteiger partial charge in [0.2, 0.25) is 5.89 Å². The molecule has 1 saturated heterocycles. The molecule has 29 heavy (non-hydrogen) atoms. The predicted octanol–water partition coefficient (Wildman–Crippen LogP) is 2.71. The fraction of sp³-hybridized carbons (Fsp3) is 0.545. The Balaban J connectivity index is 1.59. The third-order valence-corrected chi connectivity index (χ3v) is 5.06. The maximum Gasteiger partial charge on any atom is 0.213 e. The van der Waals surface area contributed by atoms with Crippen molar-refractivity contribution >= 4 is 5.96 Å². The lowest BCUT2D eigenvalue weighted by molar-refractivity contribution is 0.0170. The summed E-state index contributed by atoms with van der Waals surface area (Å²) in [5, 5.41) is 6.76. The predicted molar refractivity (Wildman–Crippen MR) is 115 cm³/mol. The molecule has 7 nitrogen and oxygen atoms in total. The van der Waals surface area contributed by atoms with Gasteiger partial charge in [0, 0.05) is 32.1 Å². The van der Waals surface area contributed by atoms with Crippen molar-refractivity contribution in [2.75, 3.05) is 39.9 Å². The van der Waals surface area contributed by atoms with Crippen molar-refractivity contribution in [3.05, 3.63) is 53.7 Å². The van der Waals surface area contributed by atoms with E-state index in [1.165, 1.54) is 5.56 Å². The monoisotopic (exact) mass is 399 g/mol. The molecule has 2 aromatic rings. The fourth-order valence-electron chi connectivity index (χ4n) is 3.33. The van der Waals surface area contributed by atoms with Gasteiger partial charge in [-0.05, 0) is 5.56 Å². The first-order chi connectivity index (χ1) is 14.0. The van der Waals surface area contributed by atoms with Crippen molar-refractivity contribution in [3.8, 4) is 0 Å². The summed E-state index contributed by atoms with van der Waals surface area (Å²) in [5.41, 5.74) is 1.24. The first-order valence-corrected chi connectivity index (χ1v) is 10.2. The van der Waals surface area contributed by atoms with Gasteiger partial charge in [0.05, 0.1) is 32.0 Å². The summed E-state index contributed by atoms with van der Waals surface area (Å²) >= 11 is 0. The molecule has 0 spiro atoms. The number of morpholine rings is 1. The zero-order valence-electron chi connectivity index (χ0n) is 17.9. The van der Waals surface area contributed by atoms with E-state index in [-0.39, 0.29) is 11.5 Å². The smallest absolute Gasteiger partial charge is 0.213 e. The second-order valence-corrected chi connectivity index (χ2v) is 8.25. The van der Waals surface area contributed by atoms with Crippen LogP contribution in [0.5, 0.6) is 0 Å². The number of hydrogen-bond donors (Lipinski definition) is 2. The zero-order valence-corrected chi connectivity index (χ0v) is 17.9. The van der Waals surface area contributed by atoms with Crippen LogP contribution in [0.2, 0.25) is 0 Å². The number of nitrogens with zero attached hydrogens (tertiary/aromatic N) is 3. The highest BCUT2D eigenvalue weighted by Gasteiger charge is 2.23. The van der Waals surface area contributed by atoms with Crippen LogP contribution in [-0.2, 0) is 16.7 Å². The summed E-state index contributed by atoms with van der Waals surface area (Å²) in [4.78, 5) is 11.2. The first-order valence-electron chi connectivity index (χ1n) is 10.2. The van der Waals surface area contributed by atoms with Gasteiger partial charge in [-0.25, -0.2) is 4.98 Å². The Morgan fingerprint density at radius 3 is 2.52 bits per heavy atom. The molecule has 2 heterocycles. The highest BCUT2D eigenvalue weighted by Crippen LogP contribution is 2.23. The Bertz CT molecular complexity index is 776. The molecular formula is C22H33N5O2. The molecule has 1 aromatic carbocycles. The Morgan fingerprint density at radius 2 is 1.90 bits per heavy atom. The van der Waals surface area contributed by atoms with Gasteiger partial charge in [-0.2, -0.15) is 0 Å². The van der Waals surface area contributed by atoms with E-state index in [1.807, 2.05) is 0 Å². The van der Waals surface area contributed by atoms with Crippen molar-refractivity contribution in [2.24, 2.45) is 4.99 Å². The molecular weight excluding hydrogens is 366 g/mol. The largest absolute Gasteiger partial charge is 0.443 e. The normalized spacial score (nSPS) is 17.2. The van der Waals surface area contributed by atoms with E-state index in [2.05, 4.69) is 76.6 Å². The molecule has 0 saturated carbocycles. The molecule has 0 bridgehead atoms. The highest BCUT2D eigenvalue weighted by molar-refractivity contribution is 5.79. The van der Waals surface area contributed by atoms with E-state index < -0.39 is 0 Å². The third kappa shape index (κ3) is 6.05. The Morgan fingerprint density at radius 1 is 1.17 bits per heavy atom. The number of oxazole rings is 1. The molecule has 1 aliphatic heterocycles. The average molecular weight is 400 g/mol. The van der Waals surface area contributed by atoms with E-state index in [4.69, 9.17) is 9.15 Å². The number of rotatable bonds is 6.